The predicted molar refractivity (Wildman–Crippen MR) is 146 cm³/mol. The molecule has 3 aromatic heterocycles. The molecular formula is C29H30FN7O2. The number of nitrogens with one attached hydrogen (secondary N) is 1. The van der Waals surface area contributed by atoms with Gasteiger partial charge in [-0.25, -0.2) is 13.9 Å². The lowest BCUT2D eigenvalue weighted by Crippen LogP contribution is -2.30. The monoisotopic (exact) mass is 527 g/mol. The number of halogens is 1. The van der Waals surface area contributed by atoms with E-state index in [1.54, 1.807) is 52.2 Å². The van der Waals surface area contributed by atoms with Gasteiger partial charge >= 0.3 is 5.69 Å². The summed E-state index contributed by atoms with van der Waals surface area (Å²) in [6.45, 7) is 7.80. The average molecular weight is 528 g/mol. The molecular weight excluding hydrogens is 497 g/mol. The molecule has 2 aromatic carbocycles. The number of fused-ring (bicyclic) bond motifs is 2. The van der Waals surface area contributed by atoms with Gasteiger partial charge in [-0.1, -0.05) is 0 Å². The van der Waals surface area contributed by atoms with Crippen molar-refractivity contribution in [1.29, 1.82) is 0 Å². The fourth-order valence-electron chi connectivity index (χ4n) is 5.99. The van der Waals surface area contributed by atoms with Crippen molar-refractivity contribution >= 4 is 10.9 Å². The molecule has 2 atom stereocenters. The van der Waals surface area contributed by atoms with Gasteiger partial charge in [0.1, 0.15) is 11.6 Å². The third kappa shape index (κ3) is 3.77. The maximum atomic E-state index is 14.5. The average Bonchev–Trinajstić information content (AvgIpc) is 3.71. The van der Waals surface area contributed by atoms with Crippen LogP contribution in [0.5, 0.6) is 0 Å². The van der Waals surface area contributed by atoms with Gasteiger partial charge in [-0.15, -0.1) is 0 Å². The second-order valence-corrected chi connectivity index (χ2v) is 10.6. The van der Waals surface area contributed by atoms with Gasteiger partial charge in [0.05, 0.1) is 41.4 Å². The van der Waals surface area contributed by atoms with Crippen molar-refractivity contribution < 1.29 is 9.13 Å². The van der Waals surface area contributed by atoms with Gasteiger partial charge in [0.2, 0.25) is 0 Å². The summed E-state index contributed by atoms with van der Waals surface area (Å²) in [6, 6.07) is 9.77. The van der Waals surface area contributed by atoms with Crippen LogP contribution in [0.4, 0.5) is 4.39 Å². The van der Waals surface area contributed by atoms with E-state index in [1.165, 1.54) is 0 Å². The SMILES string of the molecule is Cc1cc(-n2nc3c(c2-n2ccn(-c4ccc5c(cnn5C5CCOC5)c4)c2=O)[C@H](C)NCC3)cc(C)c1F. The van der Waals surface area contributed by atoms with Crippen molar-refractivity contribution in [2.24, 2.45) is 0 Å². The van der Waals surface area contributed by atoms with E-state index in [-0.39, 0.29) is 23.6 Å². The fourth-order valence-corrected chi connectivity index (χ4v) is 5.99. The van der Waals surface area contributed by atoms with Crippen molar-refractivity contribution in [3.63, 3.8) is 0 Å². The zero-order valence-electron chi connectivity index (χ0n) is 22.2. The van der Waals surface area contributed by atoms with E-state index in [1.807, 2.05) is 29.1 Å². The summed E-state index contributed by atoms with van der Waals surface area (Å²) in [7, 11) is 0. The first kappa shape index (κ1) is 24.1. The molecule has 0 saturated carbocycles. The number of aryl methyl sites for hydroxylation is 2. The Bertz CT molecular complexity index is 1760. The topological polar surface area (TPSA) is 83.8 Å². The summed E-state index contributed by atoms with van der Waals surface area (Å²) in [4.78, 5) is 13.9. The van der Waals surface area contributed by atoms with E-state index in [9.17, 15) is 9.18 Å². The lowest BCUT2D eigenvalue weighted by Gasteiger charge is -2.21. The number of imidazole rings is 1. The van der Waals surface area contributed by atoms with Gasteiger partial charge in [-0.2, -0.15) is 10.2 Å². The molecule has 200 valence electrons. The molecule has 0 radical (unpaired) electrons. The number of hydrogen-bond acceptors (Lipinski definition) is 5. The van der Waals surface area contributed by atoms with Crippen molar-refractivity contribution in [3.8, 4) is 17.2 Å². The highest BCUT2D eigenvalue weighted by atomic mass is 19.1. The molecule has 2 aliphatic rings. The van der Waals surface area contributed by atoms with Crippen molar-refractivity contribution in [1.82, 2.24) is 34.0 Å². The van der Waals surface area contributed by atoms with Gasteiger partial charge in [0.15, 0.2) is 0 Å². The quantitative estimate of drug-likeness (QED) is 0.381. The summed E-state index contributed by atoms with van der Waals surface area (Å²) in [5.74, 6) is 0.448. The minimum Gasteiger partial charge on any atom is -0.379 e. The number of rotatable bonds is 4. The lowest BCUT2D eigenvalue weighted by atomic mass is 10.0. The molecule has 0 bridgehead atoms. The van der Waals surface area contributed by atoms with Gasteiger partial charge < -0.3 is 10.1 Å². The fraction of sp³-hybridized carbons (Fsp3) is 0.345. The zero-order valence-corrected chi connectivity index (χ0v) is 22.2. The molecule has 5 heterocycles. The molecule has 1 unspecified atom stereocenters. The Balaban J connectivity index is 1.36. The maximum absolute atomic E-state index is 14.5. The highest BCUT2D eigenvalue weighted by Crippen LogP contribution is 2.32. The molecule has 5 aromatic rings. The smallest absolute Gasteiger partial charge is 0.338 e. The summed E-state index contributed by atoms with van der Waals surface area (Å²) in [5, 5.41) is 14.0. The van der Waals surface area contributed by atoms with Crippen molar-refractivity contribution in [3.05, 3.63) is 87.6 Å². The molecule has 7 rings (SSSR count). The zero-order chi connectivity index (χ0) is 26.8. The van der Waals surface area contributed by atoms with E-state index in [0.717, 1.165) is 59.5 Å². The highest BCUT2D eigenvalue weighted by molar-refractivity contribution is 5.81. The molecule has 1 fully saturated rings. The predicted octanol–water partition coefficient (Wildman–Crippen LogP) is 4.09. The van der Waals surface area contributed by atoms with E-state index in [2.05, 4.69) is 17.3 Å². The maximum Gasteiger partial charge on any atom is 0.338 e. The van der Waals surface area contributed by atoms with Crippen LogP contribution in [0, 0.1) is 19.7 Å². The van der Waals surface area contributed by atoms with Gasteiger partial charge in [-0.05, 0) is 68.7 Å². The summed E-state index contributed by atoms with van der Waals surface area (Å²) < 4.78 is 27.1. The Kier molecular flexibility index (Phi) is 5.57. The Labute approximate surface area is 224 Å². The first-order valence-electron chi connectivity index (χ1n) is 13.4. The van der Waals surface area contributed by atoms with Crippen molar-refractivity contribution in [2.45, 2.75) is 45.7 Å². The van der Waals surface area contributed by atoms with Gasteiger partial charge in [0.25, 0.3) is 0 Å². The highest BCUT2D eigenvalue weighted by Gasteiger charge is 2.29. The summed E-state index contributed by atoms with van der Waals surface area (Å²) >= 11 is 0. The minimum absolute atomic E-state index is 0.0112. The van der Waals surface area contributed by atoms with E-state index >= 15 is 0 Å². The van der Waals surface area contributed by atoms with Gasteiger partial charge in [-0.3, -0.25) is 13.8 Å². The Morgan fingerprint density at radius 2 is 1.87 bits per heavy atom. The van der Waals surface area contributed by atoms with Crippen LogP contribution >= 0.6 is 0 Å². The third-order valence-electron chi connectivity index (χ3n) is 8.00. The molecule has 2 aliphatic heterocycles. The summed E-state index contributed by atoms with van der Waals surface area (Å²) in [5.41, 5.74) is 5.31. The van der Waals surface area contributed by atoms with Gasteiger partial charge in [0, 0.05) is 49.0 Å². The molecule has 39 heavy (non-hydrogen) atoms. The van der Waals surface area contributed by atoms with E-state index in [0.29, 0.717) is 23.6 Å². The number of hydrogen-bond donors (Lipinski definition) is 1. The van der Waals surface area contributed by atoms with Crippen LogP contribution in [0.3, 0.4) is 0 Å². The van der Waals surface area contributed by atoms with Crippen LogP contribution in [-0.2, 0) is 11.2 Å². The normalized spacial score (nSPS) is 19.2. The van der Waals surface area contributed by atoms with Crippen LogP contribution in [0.25, 0.3) is 28.1 Å². The number of nitrogens with zero attached hydrogens (tertiary/aromatic N) is 6. The molecule has 1 N–H and O–H groups in total. The number of benzene rings is 2. The second kappa shape index (κ2) is 9.03. The molecule has 9 nitrogen and oxygen atoms in total. The van der Waals surface area contributed by atoms with Crippen LogP contribution < -0.4 is 11.0 Å². The van der Waals surface area contributed by atoms with E-state index < -0.39 is 0 Å². The molecule has 0 aliphatic carbocycles. The van der Waals surface area contributed by atoms with Crippen LogP contribution in [-0.4, -0.2) is 48.5 Å². The molecule has 0 amide bonds. The van der Waals surface area contributed by atoms with E-state index in [4.69, 9.17) is 9.84 Å². The van der Waals surface area contributed by atoms with Crippen LogP contribution in [0.2, 0.25) is 0 Å². The Morgan fingerprint density at radius 3 is 2.64 bits per heavy atom. The van der Waals surface area contributed by atoms with Crippen LogP contribution in [0.1, 0.15) is 47.8 Å². The first-order chi connectivity index (χ1) is 18.9. The van der Waals surface area contributed by atoms with Crippen molar-refractivity contribution in [2.75, 3.05) is 19.8 Å². The summed E-state index contributed by atoms with van der Waals surface area (Å²) in [6.07, 6.45) is 7.10. The number of aromatic nitrogens is 6. The lowest BCUT2D eigenvalue weighted by molar-refractivity contribution is 0.185. The molecule has 0 spiro atoms. The third-order valence-corrected chi connectivity index (χ3v) is 8.00. The number of ether oxygens (including phenoxy) is 1. The largest absolute Gasteiger partial charge is 0.379 e. The molecule has 10 heteroatoms. The standard InChI is InChI=1S/C29H30FN7O2/c1-17-12-23(13-18(2)27(17)30)37-28(26-19(3)31-8-6-24(26)33-37)35-10-9-34(29(35)38)21-4-5-25-20(14-21)15-32-36(25)22-7-11-39-16-22/h4-5,9-10,12-15,19,22,31H,6-8,11,16H2,1-3H3/t19-,22?/m0/s1. The second-order valence-electron chi connectivity index (χ2n) is 10.6. The Hall–Kier alpha value is -4.02. The van der Waals surface area contributed by atoms with Crippen LogP contribution in [0.15, 0.2) is 53.7 Å². The first-order valence-corrected chi connectivity index (χ1v) is 13.4. The minimum atomic E-state index is -0.227. The molecule has 1 saturated heterocycles. The Morgan fingerprint density at radius 1 is 1.08 bits per heavy atom.